The lowest BCUT2D eigenvalue weighted by atomic mass is 9.75. The van der Waals surface area contributed by atoms with Crippen molar-refractivity contribution in [2.75, 3.05) is 0 Å². The van der Waals surface area contributed by atoms with Crippen LogP contribution in [-0.2, 0) is 9.31 Å². The van der Waals surface area contributed by atoms with Gasteiger partial charge in [-0.3, -0.25) is 4.79 Å². The van der Waals surface area contributed by atoms with Gasteiger partial charge in [-0.2, -0.15) is 0 Å². The summed E-state index contributed by atoms with van der Waals surface area (Å²) >= 11 is 0. The largest absolute Gasteiger partial charge is 0.495 e. The highest BCUT2D eigenvalue weighted by Gasteiger charge is 2.52. The molecule has 0 radical (unpaired) electrons. The van der Waals surface area contributed by atoms with Crippen molar-refractivity contribution in [3.8, 4) is 0 Å². The quantitative estimate of drug-likeness (QED) is 0.818. The molecule has 1 saturated heterocycles. The molecule has 1 aromatic rings. The average Bonchev–Trinajstić information content (AvgIpc) is 2.47. The van der Waals surface area contributed by atoms with Crippen LogP contribution in [0, 0.1) is 5.82 Å². The fraction of sp³-hybridized carbons (Fsp3) is 0.462. The van der Waals surface area contributed by atoms with E-state index in [4.69, 9.17) is 15.0 Å². The lowest BCUT2D eigenvalue weighted by molar-refractivity contribution is 0.00578. The first-order chi connectivity index (χ1) is 8.64. The van der Waals surface area contributed by atoms with Gasteiger partial charge in [-0.25, -0.2) is 4.39 Å². The molecule has 0 aliphatic carbocycles. The highest BCUT2D eigenvalue weighted by Crippen LogP contribution is 2.36. The number of rotatable bonds is 2. The molecule has 4 nitrogen and oxygen atoms in total. The van der Waals surface area contributed by atoms with Crippen molar-refractivity contribution in [3.05, 3.63) is 29.6 Å². The van der Waals surface area contributed by atoms with Crippen molar-refractivity contribution in [2.24, 2.45) is 5.73 Å². The van der Waals surface area contributed by atoms with Crippen molar-refractivity contribution in [3.63, 3.8) is 0 Å². The van der Waals surface area contributed by atoms with E-state index >= 15 is 0 Å². The Morgan fingerprint density at radius 3 is 2.21 bits per heavy atom. The van der Waals surface area contributed by atoms with Gasteiger partial charge in [0.25, 0.3) is 0 Å². The SMILES string of the molecule is CC1(C)OB(c2cc(F)ccc2C(N)=O)OC1(C)C. The van der Waals surface area contributed by atoms with E-state index in [1.165, 1.54) is 18.2 Å². The molecule has 1 fully saturated rings. The van der Waals surface area contributed by atoms with Crippen LogP contribution >= 0.6 is 0 Å². The van der Waals surface area contributed by atoms with Gasteiger partial charge in [-0.05, 0) is 51.4 Å². The van der Waals surface area contributed by atoms with E-state index in [0.717, 1.165) is 0 Å². The van der Waals surface area contributed by atoms with Crippen LogP contribution in [0.25, 0.3) is 0 Å². The van der Waals surface area contributed by atoms with Gasteiger partial charge in [-0.1, -0.05) is 0 Å². The van der Waals surface area contributed by atoms with E-state index in [2.05, 4.69) is 0 Å². The third kappa shape index (κ3) is 2.38. The Bertz CT molecular complexity index is 515. The molecular weight excluding hydrogens is 248 g/mol. The second-order valence-corrected chi connectivity index (χ2v) is 5.68. The van der Waals surface area contributed by atoms with Crippen LogP contribution in [0.3, 0.4) is 0 Å². The van der Waals surface area contributed by atoms with E-state index in [0.29, 0.717) is 5.46 Å². The summed E-state index contributed by atoms with van der Waals surface area (Å²) in [7, 11) is -0.803. The number of carbonyl (C=O) groups excluding carboxylic acids is 1. The zero-order chi connectivity index (χ0) is 14.4. The minimum absolute atomic E-state index is 0.208. The molecule has 1 aliphatic heterocycles. The second kappa shape index (κ2) is 4.32. The van der Waals surface area contributed by atoms with Crippen molar-refractivity contribution >= 4 is 18.5 Å². The molecular formula is C13H17BFNO3. The van der Waals surface area contributed by atoms with Gasteiger partial charge in [0.2, 0.25) is 5.91 Å². The third-order valence-corrected chi connectivity index (χ3v) is 3.79. The van der Waals surface area contributed by atoms with Gasteiger partial charge in [-0.15, -0.1) is 0 Å². The molecule has 0 saturated carbocycles. The smallest absolute Gasteiger partial charge is 0.399 e. The number of hydrogen-bond acceptors (Lipinski definition) is 3. The maximum absolute atomic E-state index is 13.4. The predicted octanol–water partition coefficient (Wildman–Crippen LogP) is 1.22. The number of halogens is 1. The lowest BCUT2D eigenvalue weighted by Gasteiger charge is -2.32. The summed E-state index contributed by atoms with van der Waals surface area (Å²) < 4.78 is 25.0. The molecule has 0 spiro atoms. The first-order valence-electron chi connectivity index (χ1n) is 6.09. The summed E-state index contributed by atoms with van der Waals surface area (Å²) in [4.78, 5) is 11.4. The number of nitrogens with two attached hydrogens (primary N) is 1. The normalized spacial score (nSPS) is 20.6. The Balaban J connectivity index is 2.44. The Morgan fingerprint density at radius 1 is 1.21 bits per heavy atom. The number of carbonyl (C=O) groups is 1. The Morgan fingerprint density at radius 2 is 1.74 bits per heavy atom. The van der Waals surface area contributed by atoms with Gasteiger partial charge in [0.05, 0.1) is 11.2 Å². The standard InChI is InChI=1S/C13H17BFNO3/c1-12(2)13(3,4)19-14(18-12)10-7-8(15)5-6-9(10)11(16)17/h5-7H,1-4H3,(H2,16,17). The average molecular weight is 265 g/mol. The first kappa shape index (κ1) is 14.0. The van der Waals surface area contributed by atoms with Gasteiger partial charge in [0.15, 0.2) is 0 Å². The summed E-state index contributed by atoms with van der Waals surface area (Å²) in [6, 6.07) is 3.76. The number of amides is 1. The van der Waals surface area contributed by atoms with Crippen LogP contribution in [0.15, 0.2) is 18.2 Å². The summed E-state index contributed by atoms with van der Waals surface area (Å²) in [5, 5.41) is 0. The number of hydrogen-bond donors (Lipinski definition) is 1. The first-order valence-corrected chi connectivity index (χ1v) is 6.09. The minimum atomic E-state index is -0.803. The highest BCUT2D eigenvalue weighted by atomic mass is 19.1. The van der Waals surface area contributed by atoms with Gasteiger partial charge >= 0.3 is 7.12 Å². The minimum Gasteiger partial charge on any atom is -0.399 e. The van der Waals surface area contributed by atoms with E-state index in [1.807, 2.05) is 27.7 Å². The van der Waals surface area contributed by atoms with Crippen LogP contribution in [0.5, 0.6) is 0 Å². The molecule has 102 valence electrons. The van der Waals surface area contributed by atoms with Crippen LogP contribution in [-0.4, -0.2) is 24.2 Å². The van der Waals surface area contributed by atoms with E-state index in [-0.39, 0.29) is 5.56 Å². The molecule has 1 aliphatic rings. The molecule has 0 aromatic heterocycles. The summed E-state index contributed by atoms with van der Waals surface area (Å²) in [6.07, 6.45) is 0. The van der Waals surface area contributed by atoms with Crippen LogP contribution in [0.4, 0.5) is 4.39 Å². The van der Waals surface area contributed by atoms with Crippen LogP contribution in [0.1, 0.15) is 38.1 Å². The zero-order valence-corrected chi connectivity index (χ0v) is 11.5. The Labute approximate surface area is 112 Å². The Hall–Kier alpha value is -1.40. The van der Waals surface area contributed by atoms with E-state index in [9.17, 15) is 9.18 Å². The molecule has 19 heavy (non-hydrogen) atoms. The molecule has 2 rings (SSSR count). The summed E-state index contributed by atoms with van der Waals surface area (Å²) in [5.41, 5.74) is 4.72. The molecule has 1 amide bonds. The summed E-state index contributed by atoms with van der Waals surface area (Å²) in [5.74, 6) is -1.10. The predicted molar refractivity (Wildman–Crippen MR) is 70.6 cm³/mol. The number of primary amides is 1. The zero-order valence-electron chi connectivity index (χ0n) is 11.5. The van der Waals surface area contributed by atoms with Crippen molar-refractivity contribution in [1.29, 1.82) is 0 Å². The Kier molecular flexibility index (Phi) is 3.19. The fourth-order valence-corrected chi connectivity index (χ4v) is 1.92. The topological polar surface area (TPSA) is 61.5 Å². The molecule has 2 N–H and O–H groups in total. The van der Waals surface area contributed by atoms with Gasteiger partial charge in [0, 0.05) is 5.56 Å². The van der Waals surface area contributed by atoms with Crippen LogP contribution in [0.2, 0.25) is 0 Å². The molecule has 1 heterocycles. The molecule has 0 atom stereocenters. The monoisotopic (exact) mass is 265 g/mol. The van der Waals surface area contributed by atoms with E-state index in [1.54, 1.807) is 0 Å². The fourth-order valence-electron chi connectivity index (χ4n) is 1.92. The molecule has 0 unspecified atom stereocenters. The maximum Gasteiger partial charge on any atom is 0.495 e. The molecule has 6 heteroatoms. The van der Waals surface area contributed by atoms with Crippen molar-refractivity contribution < 1.29 is 18.5 Å². The number of benzene rings is 1. The van der Waals surface area contributed by atoms with Crippen molar-refractivity contribution in [1.82, 2.24) is 0 Å². The van der Waals surface area contributed by atoms with E-state index < -0.39 is 30.0 Å². The maximum atomic E-state index is 13.4. The van der Waals surface area contributed by atoms with Gasteiger partial charge in [0.1, 0.15) is 5.82 Å². The molecule has 0 bridgehead atoms. The summed E-state index contributed by atoms with van der Waals surface area (Å²) in [6.45, 7) is 7.54. The van der Waals surface area contributed by atoms with Gasteiger partial charge < -0.3 is 15.0 Å². The van der Waals surface area contributed by atoms with Crippen molar-refractivity contribution in [2.45, 2.75) is 38.9 Å². The third-order valence-electron chi connectivity index (χ3n) is 3.79. The lowest BCUT2D eigenvalue weighted by Crippen LogP contribution is -2.41. The highest BCUT2D eigenvalue weighted by molar-refractivity contribution is 6.63. The second-order valence-electron chi connectivity index (χ2n) is 5.68. The molecule has 1 aromatic carbocycles. The van der Waals surface area contributed by atoms with Crippen LogP contribution < -0.4 is 11.2 Å².